The number of benzene rings is 2. The molecule has 0 bridgehead atoms. The number of hydrogen-bond donors (Lipinski definition) is 2. The first-order valence-electron chi connectivity index (χ1n) is 12.4. The topological polar surface area (TPSA) is 48.1 Å². The molecule has 176 valence electrons. The van der Waals surface area contributed by atoms with E-state index in [0.29, 0.717) is 17.5 Å². The van der Waals surface area contributed by atoms with E-state index in [-0.39, 0.29) is 11.8 Å². The van der Waals surface area contributed by atoms with E-state index in [9.17, 15) is 4.79 Å². The molecule has 33 heavy (non-hydrogen) atoms. The van der Waals surface area contributed by atoms with E-state index in [1.54, 1.807) is 0 Å². The van der Waals surface area contributed by atoms with Gasteiger partial charge in [0.1, 0.15) is 0 Å². The van der Waals surface area contributed by atoms with Crippen LogP contribution in [0.5, 0.6) is 0 Å². The Labute approximate surface area is 202 Å². The number of hydrogen-bond acceptors (Lipinski definition) is 2. The number of fused-ring (bicyclic) bond motifs is 1. The predicted octanol–water partition coefficient (Wildman–Crippen LogP) is 6.29. The summed E-state index contributed by atoms with van der Waals surface area (Å²) in [6.07, 6.45) is 8.39. The number of nitrogens with zero attached hydrogens (tertiary/aromatic N) is 1. The Kier molecular flexibility index (Phi) is 8.11. The molecular weight excluding hydrogens is 430 g/mol. The summed E-state index contributed by atoms with van der Waals surface area (Å²) in [5, 5.41) is 5.08. The number of halogens is 1. The van der Waals surface area contributed by atoms with Crippen molar-refractivity contribution in [1.82, 2.24) is 15.2 Å². The van der Waals surface area contributed by atoms with Crippen molar-refractivity contribution in [2.45, 2.75) is 64.3 Å². The van der Waals surface area contributed by atoms with E-state index in [2.05, 4.69) is 53.4 Å². The number of aromatic amines is 1. The van der Waals surface area contributed by atoms with Gasteiger partial charge in [-0.05, 0) is 68.0 Å². The maximum atomic E-state index is 13.0. The van der Waals surface area contributed by atoms with Crippen molar-refractivity contribution >= 4 is 28.4 Å². The minimum absolute atomic E-state index is 0.0229. The van der Waals surface area contributed by atoms with Crippen molar-refractivity contribution in [3.63, 3.8) is 0 Å². The zero-order valence-electron chi connectivity index (χ0n) is 19.9. The summed E-state index contributed by atoms with van der Waals surface area (Å²) >= 11 is 6.15. The van der Waals surface area contributed by atoms with Crippen LogP contribution in [0.3, 0.4) is 0 Å². The second-order valence-electron chi connectivity index (χ2n) is 9.33. The second-order valence-corrected chi connectivity index (χ2v) is 9.77. The Balaban J connectivity index is 1.46. The molecule has 4 rings (SSSR count). The SMILES string of the molecule is CCc1cccc2c([C@H](CC(=O)NCCCN3CCCC[C@@H]3C)c3ccc(Cl)cc3)c[nH]c12. The number of H-pyrrole nitrogens is 1. The summed E-state index contributed by atoms with van der Waals surface area (Å²) in [5.74, 6) is 0.0767. The molecule has 5 heteroatoms. The highest BCUT2D eigenvalue weighted by molar-refractivity contribution is 6.30. The number of piperidine rings is 1. The molecule has 2 heterocycles. The molecule has 2 N–H and O–H groups in total. The number of amides is 1. The van der Waals surface area contributed by atoms with Gasteiger partial charge in [-0.25, -0.2) is 0 Å². The van der Waals surface area contributed by atoms with E-state index >= 15 is 0 Å². The molecule has 0 unspecified atom stereocenters. The average molecular weight is 466 g/mol. The Hall–Kier alpha value is -2.30. The lowest BCUT2D eigenvalue weighted by Gasteiger charge is -2.33. The van der Waals surface area contributed by atoms with Crippen LogP contribution < -0.4 is 5.32 Å². The summed E-state index contributed by atoms with van der Waals surface area (Å²) < 4.78 is 0. The van der Waals surface area contributed by atoms with Crippen LogP contribution in [0.1, 0.15) is 68.6 Å². The number of carbonyl (C=O) groups is 1. The van der Waals surface area contributed by atoms with E-state index in [1.807, 2.05) is 24.3 Å². The van der Waals surface area contributed by atoms with Gasteiger partial charge in [-0.2, -0.15) is 0 Å². The molecule has 1 fully saturated rings. The van der Waals surface area contributed by atoms with Crippen LogP contribution >= 0.6 is 11.6 Å². The Morgan fingerprint density at radius 3 is 2.79 bits per heavy atom. The number of likely N-dealkylation sites (tertiary alicyclic amines) is 1. The third kappa shape index (κ3) is 5.80. The number of nitrogens with one attached hydrogen (secondary N) is 2. The van der Waals surface area contributed by atoms with Crippen LogP contribution in [0, 0.1) is 0 Å². The van der Waals surface area contributed by atoms with E-state index in [1.165, 1.54) is 47.8 Å². The molecular formula is C28H36ClN3O. The first-order chi connectivity index (χ1) is 16.1. The average Bonchev–Trinajstić information content (AvgIpc) is 3.26. The van der Waals surface area contributed by atoms with E-state index in [0.717, 1.165) is 31.5 Å². The smallest absolute Gasteiger partial charge is 0.220 e. The molecule has 0 aliphatic carbocycles. The standard InChI is InChI=1S/C28H36ClN3O/c1-3-21-9-6-10-24-26(19-31-28(21)24)25(22-11-13-23(29)14-12-22)18-27(33)30-15-7-17-32-16-5-4-8-20(32)2/h6,9-14,19-20,25,31H,3-5,7-8,15-18H2,1-2H3,(H,30,33)/t20-,25+/m0/s1. The molecule has 3 aromatic rings. The normalized spacial score (nSPS) is 17.8. The fourth-order valence-electron chi connectivity index (χ4n) is 5.18. The highest BCUT2D eigenvalue weighted by atomic mass is 35.5. The van der Waals surface area contributed by atoms with E-state index < -0.39 is 0 Å². The number of para-hydroxylation sites is 1. The van der Waals surface area contributed by atoms with Crippen molar-refractivity contribution < 1.29 is 4.79 Å². The highest BCUT2D eigenvalue weighted by Crippen LogP contribution is 2.35. The van der Waals surface area contributed by atoms with Gasteiger partial charge in [-0.1, -0.05) is 55.3 Å². The fraction of sp³-hybridized carbons (Fsp3) is 0.464. The van der Waals surface area contributed by atoms with Crippen molar-refractivity contribution in [1.29, 1.82) is 0 Å². The third-order valence-corrected chi connectivity index (χ3v) is 7.39. The summed E-state index contributed by atoms with van der Waals surface area (Å²) in [4.78, 5) is 19.0. The molecule has 2 atom stereocenters. The molecule has 4 nitrogen and oxygen atoms in total. The zero-order chi connectivity index (χ0) is 23.2. The molecule has 1 aliphatic heterocycles. The summed E-state index contributed by atoms with van der Waals surface area (Å²) in [6.45, 7) is 7.46. The maximum Gasteiger partial charge on any atom is 0.220 e. The monoisotopic (exact) mass is 465 g/mol. The molecule has 1 amide bonds. The van der Waals surface area contributed by atoms with Crippen LogP contribution in [0.2, 0.25) is 5.02 Å². The molecule has 0 radical (unpaired) electrons. The van der Waals surface area contributed by atoms with Crippen molar-refractivity contribution in [2.75, 3.05) is 19.6 Å². The lowest BCUT2D eigenvalue weighted by Crippen LogP contribution is -2.39. The molecule has 1 saturated heterocycles. The van der Waals surface area contributed by atoms with Crippen molar-refractivity contribution in [3.8, 4) is 0 Å². The van der Waals surface area contributed by atoms with Gasteiger partial charge in [0.15, 0.2) is 0 Å². The summed E-state index contributed by atoms with van der Waals surface area (Å²) in [7, 11) is 0. The minimum atomic E-state index is -0.0229. The van der Waals surface area contributed by atoms with E-state index in [4.69, 9.17) is 11.6 Å². The zero-order valence-corrected chi connectivity index (χ0v) is 20.6. The second kappa shape index (κ2) is 11.2. The van der Waals surface area contributed by atoms with Gasteiger partial charge in [0.2, 0.25) is 5.91 Å². The van der Waals surface area contributed by atoms with Gasteiger partial charge in [-0.15, -0.1) is 0 Å². The minimum Gasteiger partial charge on any atom is -0.361 e. The number of aromatic nitrogens is 1. The Morgan fingerprint density at radius 1 is 1.21 bits per heavy atom. The predicted molar refractivity (Wildman–Crippen MR) is 138 cm³/mol. The van der Waals surface area contributed by atoms with Crippen molar-refractivity contribution in [2.24, 2.45) is 0 Å². The summed E-state index contributed by atoms with van der Waals surface area (Å²) in [6, 6.07) is 15.0. The first kappa shape index (κ1) is 23.8. The number of rotatable bonds is 9. The van der Waals surface area contributed by atoms with Crippen molar-refractivity contribution in [3.05, 3.63) is 70.4 Å². The lowest BCUT2D eigenvalue weighted by molar-refractivity contribution is -0.121. The van der Waals surface area contributed by atoms with Gasteiger partial charge in [0.05, 0.1) is 0 Å². The van der Waals surface area contributed by atoms with Gasteiger partial charge in [-0.3, -0.25) is 4.79 Å². The fourth-order valence-corrected chi connectivity index (χ4v) is 5.31. The van der Waals surface area contributed by atoms with Crippen LogP contribution in [0.25, 0.3) is 10.9 Å². The van der Waals surface area contributed by atoms with Gasteiger partial charge < -0.3 is 15.2 Å². The summed E-state index contributed by atoms with van der Waals surface area (Å²) in [5.41, 5.74) is 4.74. The van der Waals surface area contributed by atoms with Crippen LogP contribution in [-0.2, 0) is 11.2 Å². The van der Waals surface area contributed by atoms with Gasteiger partial charge >= 0.3 is 0 Å². The Morgan fingerprint density at radius 2 is 2.03 bits per heavy atom. The van der Waals surface area contributed by atoms with Crippen LogP contribution in [-0.4, -0.2) is 41.5 Å². The number of carbonyl (C=O) groups excluding carboxylic acids is 1. The van der Waals surface area contributed by atoms with Gasteiger partial charge in [0, 0.05) is 53.6 Å². The first-order valence-corrected chi connectivity index (χ1v) is 12.8. The molecule has 2 aromatic carbocycles. The lowest BCUT2D eigenvalue weighted by atomic mass is 9.87. The third-order valence-electron chi connectivity index (χ3n) is 7.14. The van der Waals surface area contributed by atoms with Gasteiger partial charge in [0.25, 0.3) is 0 Å². The molecule has 1 aliphatic rings. The van der Waals surface area contributed by atoms with Crippen LogP contribution in [0.4, 0.5) is 0 Å². The Bertz CT molecular complexity index is 1060. The molecule has 0 spiro atoms. The van der Waals surface area contributed by atoms with Crippen LogP contribution in [0.15, 0.2) is 48.7 Å². The quantitative estimate of drug-likeness (QED) is 0.365. The maximum absolute atomic E-state index is 13.0. The number of aryl methyl sites for hydroxylation is 1. The largest absolute Gasteiger partial charge is 0.361 e. The molecule has 0 saturated carbocycles. The highest BCUT2D eigenvalue weighted by Gasteiger charge is 2.22. The molecule has 1 aromatic heterocycles.